The highest BCUT2D eigenvalue weighted by Gasteiger charge is 2.13. The number of amides is 1. The molecule has 0 aliphatic carbocycles. The van der Waals surface area contributed by atoms with Crippen LogP contribution >= 0.6 is 0 Å². The fourth-order valence-corrected chi connectivity index (χ4v) is 2.21. The summed E-state index contributed by atoms with van der Waals surface area (Å²) in [6.45, 7) is 7.00. The zero-order chi connectivity index (χ0) is 14.3. The SMILES string of the molecule is Cc1ccccc1C(C)CC(=O)NCC(C)CCO. The van der Waals surface area contributed by atoms with Crippen LogP contribution in [0.5, 0.6) is 0 Å². The van der Waals surface area contributed by atoms with Crippen molar-refractivity contribution in [1.29, 1.82) is 0 Å². The summed E-state index contributed by atoms with van der Waals surface area (Å²) >= 11 is 0. The van der Waals surface area contributed by atoms with Crippen molar-refractivity contribution in [2.45, 2.75) is 39.5 Å². The van der Waals surface area contributed by atoms with E-state index in [9.17, 15) is 4.79 Å². The first-order valence-electron chi connectivity index (χ1n) is 6.97. The second kappa shape index (κ2) is 7.95. The second-order valence-electron chi connectivity index (χ2n) is 5.38. The van der Waals surface area contributed by atoms with Gasteiger partial charge < -0.3 is 10.4 Å². The molecule has 0 saturated carbocycles. The largest absolute Gasteiger partial charge is 0.396 e. The Morgan fingerprint density at radius 3 is 2.63 bits per heavy atom. The van der Waals surface area contributed by atoms with Crippen molar-refractivity contribution in [3.8, 4) is 0 Å². The molecular formula is C16H25NO2. The number of carbonyl (C=O) groups is 1. The van der Waals surface area contributed by atoms with Crippen LogP contribution in [0.15, 0.2) is 24.3 Å². The van der Waals surface area contributed by atoms with Crippen LogP contribution in [0.1, 0.15) is 43.7 Å². The van der Waals surface area contributed by atoms with E-state index in [1.165, 1.54) is 11.1 Å². The van der Waals surface area contributed by atoms with Gasteiger partial charge in [0.1, 0.15) is 0 Å². The van der Waals surface area contributed by atoms with E-state index in [0.29, 0.717) is 18.9 Å². The third kappa shape index (κ3) is 5.43. The first kappa shape index (κ1) is 15.7. The highest BCUT2D eigenvalue weighted by atomic mass is 16.3. The number of hydrogen-bond donors (Lipinski definition) is 2. The molecule has 2 unspecified atom stereocenters. The number of aryl methyl sites for hydroxylation is 1. The summed E-state index contributed by atoms with van der Waals surface area (Å²) in [4.78, 5) is 11.9. The van der Waals surface area contributed by atoms with Crippen LogP contribution in [0.4, 0.5) is 0 Å². The Labute approximate surface area is 116 Å². The number of aliphatic hydroxyl groups is 1. The van der Waals surface area contributed by atoms with Gasteiger partial charge in [-0.15, -0.1) is 0 Å². The van der Waals surface area contributed by atoms with Gasteiger partial charge in [0.15, 0.2) is 0 Å². The molecule has 0 aliphatic rings. The van der Waals surface area contributed by atoms with Crippen LogP contribution in [0, 0.1) is 12.8 Å². The molecule has 1 rings (SSSR count). The minimum absolute atomic E-state index is 0.0838. The van der Waals surface area contributed by atoms with Gasteiger partial charge in [-0.05, 0) is 36.3 Å². The van der Waals surface area contributed by atoms with Gasteiger partial charge in [0.2, 0.25) is 5.91 Å². The number of nitrogens with one attached hydrogen (secondary N) is 1. The predicted octanol–water partition coefficient (Wildman–Crippen LogP) is 2.62. The van der Waals surface area contributed by atoms with E-state index in [2.05, 4.69) is 31.3 Å². The highest BCUT2D eigenvalue weighted by molar-refractivity contribution is 5.76. The molecule has 0 fully saturated rings. The lowest BCUT2D eigenvalue weighted by molar-refractivity contribution is -0.121. The molecular weight excluding hydrogens is 238 g/mol. The Morgan fingerprint density at radius 1 is 1.32 bits per heavy atom. The molecule has 1 amide bonds. The van der Waals surface area contributed by atoms with Crippen molar-refractivity contribution in [3.05, 3.63) is 35.4 Å². The smallest absolute Gasteiger partial charge is 0.220 e. The molecule has 0 saturated heterocycles. The van der Waals surface area contributed by atoms with Gasteiger partial charge >= 0.3 is 0 Å². The first-order valence-corrected chi connectivity index (χ1v) is 6.97. The van der Waals surface area contributed by atoms with Crippen LogP contribution < -0.4 is 5.32 Å². The number of rotatable bonds is 7. The van der Waals surface area contributed by atoms with Crippen molar-refractivity contribution >= 4 is 5.91 Å². The third-order valence-corrected chi connectivity index (χ3v) is 3.48. The minimum atomic E-state index is 0.0838. The summed E-state index contributed by atoms with van der Waals surface area (Å²) in [7, 11) is 0. The van der Waals surface area contributed by atoms with Crippen LogP contribution in [0.2, 0.25) is 0 Å². The molecule has 0 radical (unpaired) electrons. The van der Waals surface area contributed by atoms with Gasteiger partial charge in [0.05, 0.1) is 0 Å². The molecule has 0 aromatic heterocycles. The maximum Gasteiger partial charge on any atom is 0.220 e. The fraction of sp³-hybridized carbons (Fsp3) is 0.562. The predicted molar refractivity (Wildman–Crippen MR) is 78.1 cm³/mol. The first-order chi connectivity index (χ1) is 9.04. The van der Waals surface area contributed by atoms with E-state index in [1.807, 2.05) is 19.1 Å². The van der Waals surface area contributed by atoms with Crippen molar-refractivity contribution in [1.82, 2.24) is 5.32 Å². The monoisotopic (exact) mass is 263 g/mol. The van der Waals surface area contributed by atoms with Crippen LogP contribution in [0.3, 0.4) is 0 Å². The lowest BCUT2D eigenvalue weighted by Gasteiger charge is -2.16. The normalized spacial score (nSPS) is 13.9. The summed E-state index contributed by atoms with van der Waals surface area (Å²) in [5, 5.41) is 11.8. The molecule has 0 heterocycles. The van der Waals surface area contributed by atoms with E-state index in [0.717, 1.165) is 6.42 Å². The average molecular weight is 263 g/mol. The van der Waals surface area contributed by atoms with Gasteiger partial charge in [-0.25, -0.2) is 0 Å². The van der Waals surface area contributed by atoms with Gasteiger partial charge in [0.25, 0.3) is 0 Å². The molecule has 0 bridgehead atoms. The standard InChI is InChI=1S/C16H25NO2/c1-12(8-9-18)11-17-16(19)10-14(3)15-7-5-4-6-13(15)2/h4-7,12,14,18H,8-11H2,1-3H3,(H,17,19). The van der Waals surface area contributed by atoms with Crippen LogP contribution in [-0.4, -0.2) is 24.2 Å². The van der Waals surface area contributed by atoms with E-state index < -0.39 is 0 Å². The van der Waals surface area contributed by atoms with E-state index >= 15 is 0 Å². The Balaban J connectivity index is 2.42. The molecule has 3 nitrogen and oxygen atoms in total. The Morgan fingerprint density at radius 2 is 2.00 bits per heavy atom. The molecule has 1 aromatic rings. The van der Waals surface area contributed by atoms with E-state index in [1.54, 1.807) is 0 Å². The van der Waals surface area contributed by atoms with Gasteiger partial charge in [-0.1, -0.05) is 38.1 Å². The summed E-state index contributed by atoms with van der Waals surface area (Å²) < 4.78 is 0. The summed E-state index contributed by atoms with van der Waals surface area (Å²) in [5.41, 5.74) is 2.47. The van der Waals surface area contributed by atoms with Crippen molar-refractivity contribution in [2.24, 2.45) is 5.92 Å². The molecule has 2 atom stereocenters. The highest BCUT2D eigenvalue weighted by Crippen LogP contribution is 2.22. The van der Waals surface area contributed by atoms with Crippen molar-refractivity contribution < 1.29 is 9.90 Å². The number of carbonyl (C=O) groups excluding carboxylic acids is 1. The molecule has 3 heteroatoms. The Hall–Kier alpha value is -1.35. The fourth-order valence-electron chi connectivity index (χ4n) is 2.21. The number of hydrogen-bond acceptors (Lipinski definition) is 2. The number of benzene rings is 1. The lowest BCUT2D eigenvalue weighted by Crippen LogP contribution is -2.29. The molecule has 1 aromatic carbocycles. The quantitative estimate of drug-likeness (QED) is 0.794. The van der Waals surface area contributed by atoms with Crippen LogP contribution in [-0.2, 0) is 4.79 Å². The van der Waals surface area contributed by atoms with Gasteiger partial charge in [0, 0.05) is 19.6 Å². The zero-order valence-electron chi connectivity index (χ0n) is 12.1. The molecule has 0 spiro atoms. The molecule has 0 aliphatic heterocycles. The summed E-state index contributed by atoms with van der Waals surface area (Å²) in [5.74, 6) is 0.637. The molecule has 19 heavy (non-hydrogen) atoms. The van der Waals surface area contributed by atoms with Crippen LogP contribution in [0.25, 0.3) is 0 Å². The van der Waals surface area contributed by atoms with Gasteiger partial charge in [-0.3, -0.25) is 4.79 Å². The number of aliphatic hydroxyl groups excluding tert-OH is 1. The van der Waals surface area contributed by atoms with Crippen molar-refractivity contribution in [2.75, 3.05) is 13.2 Å². The maximum absolute atomic E-state index is 11.9. The minimum Gasteiger partial charge on any atom is -0.396 e. The second-order valence-corrected chi connectivity index (χ2v) is 5.38. The third-order valence-electron chi connectivity index (χ3n) is 3.48. The van der Waals surface area contributed by atoms with E-state index in [4.69, 9.17) is 5.11 Å². The summed E-state index contributed by atoms with van der Waals surface area (Å²) in [6, 6.07) is 8.19. The van der Waals surface area contributed by atoms with Crippen molar-refractivity contribution in [3.63, 3.8) is 0 Å². The summed E-state index contributed by atoms with van der Waals surface area (Å²) in [6.07, 6.45) is 1.24. The van der Waals surface area contributed by atoms with Gasteiger partial charge in [-0.2, -0.15) is 0 Å². The average Bonchev–Trinajstić information content (AvgIpc) is 2.37. The maximum atomic E-state index is 11.9. The lowest BCUT2D eigenvalue weighted by atomic mass is 9.93. The topological polar surface area (TPSA) is 49.3 Å². The molecule has 2 N–H and O–H groups in total. The molecule has 106 valence electrons. The zero-order valence-corrected chi connectivity index (χ0v) is 12.1. The van der Waals surface area contributed by atoms with E-state index in [-0.39, 0.29) is 18.4 Å². The Kier molecular flexibility index (Phi) is 6.57. The Bertz CT molecular complexity index is 403.